The van der Waals surface area contributed by atoms with Crippen molar-refractivity contribution in [3.63, 3.8) is 0 Å². The molecule has 2 aromatic heterocycles. The Hall–Kier alpha value is -3.31. The summed E-state index contributed by atoms with van der Waals surface area (Å²) in [5, 5.41) is 18.0. The number of ether oxygens (including phenoxy) is 1. The number of amides is 1. The SMILES string of the molecule is CCOC(O)N1CC=C(c2cccn3nc(Nc4ccc(C(=O)N5CCN(CC(C)C)CC5)cc4)nc23)CC1. The van der Waals surface area contributed by atoms with E-state index in [1.54, 1.807) is 4.52 Å². The Balaban J connectivity index is 1.23. The molecular formula is C29H39N7O3. The third-order valence-electron chi connectivity index (χ3n) is 7.25. The fourth-order valence-corrected chi connectivity index (χ4v) is 5.25. The third-order valence-corrected chi connectivity index (χ3v) is 7.25. The molecule has 1 unspecified atom stereocenters. The molecule has 1 fully saturated rings. The van der Waals surface area contributed by atoms with Gasteiger partial charge in [-0.15, -0.1) is 5.10 Å². The van der Waals surface area contributed by atoms with Gasteiger partial charge in [0.15, 0.2) is 5.65 Å². The Kier molecular flexibility index (Phi) is 8.56. The van der Waals surface area contributed by atoms with E-state index in [9.17, 15) is 9.90 Å². The zero-order chi connectivity index (χ0) is 27.4. The summed E-state index contributed by atoms with van der Waals surface area (Å²) in [6.07, 6.45) is 3.90. The Labute approximate surface area is 229 Å². The first kappa shape index (κ1) is 27.3. The number of anilines is 2. The second-order valence-corrected chi connectivity index (χ2v) is 10.6. The molecule has 1 aromatic carbocycles. The van der Waals surface area contributed by atoms with Crippen molar-refractivity contribution >= 4 is 28.8 Å². The van der Waals surface area contributed by atoms with Crippen LogP contribution >= 0.6 is 0 Å². The van der Waals surface area contributed by atoms with Gasteiger partial charge in [-0.05, 0) is 61.2 Å². The quantitative estimate of drug-likeness (QED) is 0.405. The number of pyridine rings is 1. The van der Waals surface area contributed by atoms with Crippen LogP contribution in [-0.4, -0.2) is 99.1 Å². The minimum absolute atomic E-state index is 0.0781. The van der Waals surface area contributed by atoms with Crippen molar-refractivity contribution in [2.45, 2.75) is 33.6 Å². The van der Waals surface area contributed by atoms with Gasteiger partial charge in [0.05, 0.1) is 0 Å². The van der Waals surface area contributed by atoms with Crippen LogP contribution in [0.5, 0.6) is 0 Å². The Morgan fingerprint density at radius 2 is 1.87 bits per heavy atom. The average Bonchev–Trinajstić information content (AvgIpc) is 3.36. The fraction of sp³-hybridized carbons (Fsp3) is 0.483. The summed E-state index contributed by atoms with van der Waals surface area (Å²) in [5.74, 6) is 1.21. The van der Waals surface area contributed by atoms with Crippen molar-refractivity contribution < 1.29 is 14.6 Å². The van der Waals surface area contributed by atoms with Gasteiger partial charge >= 0.3 is 0 Å². The van der Waals surface area contributed by atoms with Gasteiger partial charge in [0.1, 0.15) is 0 Å². The third kappa shape index (κ3) is 6.47. The second-order valence-electron chi connectivity index (χ2n) is 10.6. The van der Waals surface area contributed by atoms with E-state index in [2.05, 4.69) is 41.3 Å². The van der Waals surface area contributed by atoms with Crippen LogP contribution in [0.3, 0.4) is 0 Å². The summed E-state index contributed by atoms with van der Waals surface area (Å²) in [5.41, 5.74) is 4.48. The molecule has 2 aliphatic rings. The molecule has 39 heavy (non-hydrogen) atoms. The molecule has 0 bridgehead atoms. The summed E-state index contributed by atoms with van der Waals surface area (Å²) in [4.78, 5) is 24.1. The van der Waals surface area contributed by atoms with Crippen molar-refractivity contribution in [3.8, 4) is 0 Å². The summed E-state index contributed by atoms with van der Waals surface area (Å²) >= 11 is 0. The molecule has 5 rings (SSSR count). The van der Waals surface area contributed by atoms with Crippen LogP contribution in [0.2, 0.25) is 0 Å². The lowest BCUT2D eigenvalue weighted by molar-refractivity contribution is -0.187. The molecule has 0 saturated carbocycles. The normalized spacial score (nSPS) is 18.0. The Bertz CT molecular complexity index is 1300. The Morgan fingerprint density at radius 1 is 1.10 bits per heavy atom. The lowest BCUT2D eigenvalue weighted by atomic mass is 10.0. The number of piperazine rings is 1. The molecule has 0 radical (unpaired) electrons. The van der Waals surface area contributed by atoms with E-state index in [4.69, 9.17) is 9.72 Å². The van der Waals surface area contributed by atoms with E-state index >= 15 is 0 Å². The molecule has 1 atom stereocenters. The van der Waals surface area contributed by atoms with E-state index in [0.29, 0.717) is 37.1 Å². The number of carbonyl (C=O) groups is 1. The molecule has 10 heteroatoms. The van der Waals surface area contributed by atoms with Gasteiger partial charge in [-0.1, -0.05) is 19.9 Å². The largest absolute Gasteiger partial charge is 0.356 e. The Morgan fingerprint density at radius 3 is 2.54 bits per heavy atom. The lowest BCUT2D eigenvalue weighted by Crippen LogP contribution is -2.49. The van der Waals surface area contributed by atoms with Crippen molar-refractivity contribution in [2.75, 3.05) is 57.7 Å². The highest BCUT2D eigenvalue weighted by Crippen LogP contribution is 2.27. The molecule has 10 nitrogen and oxygen atoms in total. The van der Waals surface area contributed by atoms with E-state index in [-0.39, 0.29) is 5.91 Å². The minimum Gasteiger partial charge on any atom is -0.356 e. The predicted molar refractivity (Wildman–Crippen MR) is 152 cm³/mol. The van der Waals surface area contributed by atoms with E-state index in [0.717, 1.165) is 56.0 Å². The molecule has 2 N–H and O–H groups in total. The number of benzene rings is 1. The van der Waals surface area contributed by atoms with Gasteiger partial charge < -0.3 is 20.1 Å². The van der Waals surface area contributed by atoms with Gasteiger partial charge in [0.2, 0.25) is 12.4 Å². The molecule has 2 aliphatic heterocycles. The number of rotatable bonds is 9. The first-order valence-electron chi connectivity index (χ1n) is 13.9. The molecule has 1 amide bonds. The van der Waals surface area contributed by atoms with Crippen LogP contribution in [-0.2, 0) is 4.74 Å². The molecule has 3 aromatic rings. The van der Waals surface area contributed by atoms with Gasteiger partial charge in [0, 0.05) is 75.4 Å². The zero-order valence-corrected chi connectivity index (χ0v) is 23.1. The highest BCUT2D eigenvalue weighted by atomic mass is 16.6. The molecular weight excluding hydrogens is 494 g/mol. The number of hydrogen-bond acceptors (Lipinski definition) is 8. The van der Waals surface area contributed by atoms with Crippen LogP contribution in [0.1, 0.15) is 43.1 Å². The lowest BCUT2D eigenvalue weighted by Gasteiger charge is -2.35. The number of hydrogen-bond donors (Lipinski definition) is 2. The average molecular weight is 534 g/mol. The monoisotopic (exact) mass is 533 g/mol. The molecule has 4 heterocycles. The number of aliphatic hydroxyl groups is 1. The smallest absolute Gasteiger partial charge is 0.253 e. The van der Waals surface area contributed by atoms with Crippen LogP contribution < -0.4 is 5.32 Å². The minimum atomic E-state index is -0.880. The highest BCUT2D eigenvalue weighted by Gasteiger charge is 2.23. The fourth-order valence-electron chi connectivity index (χ4n) is 5.25. The van der Waals surface area contributed by atoms with Crippen molar-refractivity contribution in [2.24, 2.45) is 5.92 Å². The van der Waals surface area contributed by atoms with Gasteiger partial charge in [-0.3, -0.25) is 14.6 Å². The maximum atomic E-state index is 13.0. The molecule has 0 aliphatic carbocycles. The van der Waals surface area contributed by atoms with Gasteiger partial charge in [-0.25, -0.2) is 4.52 Å². The number of fused-ring (bicyclic) bond motifs is 1. The topological polar surface area (TPSA) is 98.5 Å². The van der Waals surface area contributed by atoms with E-state index in [1.807, 2.05) is 53.3 Å². The first-order valence-corrected chi connectivity index (χ1v) is 13.9. The van der Waals surface area contributed by atoms with Gasteiger partial charge in [-0.2, -0.15) is 4.98 Å². The van der Waals surface area contributed by atoms with Crippen LogP contribution in [0.4, 0.5) is 11.6 Å². The van der Waals surface area contributed by atoms with Crippen LogP contribution in [0.15, 0.2) is 48.7 Å². The summed E-state index contributed by atoms with van der Waals surface area (Å²) in [6.45, 7) is 12.6. The number of nitrogens with zero attached hydrogens (tertiary/aromatic N) is 6. The van der Waals surface area contributed by atoms with Gasteiger partial charge in [0.25, 0.3) is 5.91 Å². The molecule has 0 spiro atoms. The molecule has 208 valence electrons. The molecule has 1 saturated heterocycles. The summed E-state index contributed by atoms with van der Waals surface area (Å²) in [7, 11) is 0. The summed E-state index contributed by atoms with van der Waals surface area (Å²) in [6, 6.07) is 11.5. The second kappa shape index (κ2) is 12.3. The first-order chi connectivity index (χ1) is 18.9. The maximum Gasteiger partial charge on any atom is 0.253 e. The van der Waals surface area contributed by atoms with Crippen molar-refractivity contribution in [1.82, 2.24) is 29.3 Å². The predicted octanol–water partition coefficient (Wildman–Crippen LogP) is 3.29. The van der Waals surface area contributed by atoms with Crippen molar-refractivity contribution in [3.05, 3.63) is 59.8 Å². The van der Waals surface area contributed by atoms with E-state index in [1.165, 1.54) is 5.57 Å². The number of carbonyl (C=O) groups excluding carboxylic acids is 1. The summed E-state index contributed by atoms with van der Waals surface area (Å²) < 4.78 is 7.09. The number of aliphatic hydroxyl groups excluding tert-OH is 1. The zero-order valence-electron chi connectivity index (χ0n) is 23.1. The maximum absolute atomic E-state index is 13.0. The number of aromatic nitrogens is 3. The number of nitrogens with one attached hydrogen (secondary N) is 1. The highest BCUT2D eigenvalue weighted by molar-refractivity contribution is 5.94. The standard InChI is InChI=1S/C29H39N7O3/c1-4-39-29(38)35-14-11-22(12-15-35)25-6-5-13-36-26(25)31-28(32-36)30-24-9-7-23(8-10-24)27(37)34-18-16-33(17-19-34)20-21(2)3/h5-11,13,21,29,38H,4,12,14-20H2,1-3H3,(H,30,32). The van der Waals surface area contributed by atoms with Crippen LogP contribution in [0, 0.1) is 5.92 Å². The van der Waals surface area contributed by atoms with Crippen molar-refractivity contribution in [1.29, 1.82) is 0 Å². The van der Waals surface area contributed by atoms with Crippen LogP contribution in [0.25, 0.3) is 11.2 Å². The van der Waals surface area contributed by atoms with E-state index < -0.39 is 6.41 Å².